The van der Waals surface area contributed by atoms with Crippen molar-refractivity contribution in [2.75, 3.05) is 5.32 Å². The molecule has 42 heavy (non-hydrogen) atoms. The molecule has 3 N–H and O–H groups in total. The number of hydrogen-bond acceptors (Lipinski definition) is 7. The second-order valence-electron chi connectivity index (χ2n) is 9.04. The lowest BCUT2D eigenvalue weighted by molar-refractivity contribution is -0.137. The Labute approximate surface area is 237 Å². The van der Waals surface area contributed by atoms with Gasteiger partial charge in [-0.05, 0) is 42.8 Å². The zero-order valence-corrected chi connectivity index (χ0v) is 22.6. The number of aryl methyl sites for hydroxylation is 2. The van der Waals surface area contributed by atoms with Gasteiger partial charge in [-0.25, -0.2) is 18.4 Å². The number of primary amides is 1. The lowest BCUT2D eigenvalue weighted by atomic mass is 10.0. The number of amides is 2. The summed E-state index contributed by atoms with van der Waals surface area (Å²) in [6.45, 7) is 1.37. The molecule has 0 unspecified atom stereocenters. The Hall–Kier alpha value is -4.86. The minimum atomic E-state index is -4.54. The topological polar surface area (TPSA) is 130 Å². The number of rotatable bonds is 8. The highest BCUT2D eigenvalue weighted by Gasteiger charge is 2.31. The van der Waals surface area contributed by atoms with E-state index in [1.807, 2.05) is 0 Å². The molecular formula is C26H20F5N7O3S. The Kier molecular flexibility index (Phi) is 7.40. The largest absolute Gasteiger partial charge is 0.471 e. The Bertz CT molecular complexity index is 1830. The third-order valence-corrected chi connectivity index (χ3v) is 7.17. The van der Waals surface area contributed by atoms with E-state index in [2.05, 4.69) is 20.5 Å². The molecule has 0 spiro atoms. The number of nitrogens with zero attached hydrogens (tertiary/aromatic N) is 5. The standard InChI is InChI=1S/C26H20F5N7O3S/c1-12-16(10-37(2)35-12)15-9-18(22(27)28)33-25-19(15)20(21(42-25)23(32)39)34-24(40)17-6-7-38(36-17)11-41-14-5-3-4-13(8-14)26(29,30)31/h3-10,22H,11H2,1-2H3,(H2,32,39)(H,34,40). The zero-order chi connectivity index (χ0) is 30.3. The molecule has 1 aromatic carbocycles. The molecule has 4 aromatic heterocycles. The molecule has 5 rings (SSSR count). The summed E-state index contributed by atoms with van der Waals surface area (Å²) >= 11 is 0.749. The number of fused-ring (bicyclic) bond motifs is 1. The summed E-state index contributed by atoms with van der Waals surface area (Å²) in [6.07, 6.45) is -4.48. The molecule has 0 aliphatic carbocycles. The first-order valence-electron chi connectivity index (χ1n) is 12.0. The van der Waals surface area contributed by atoms with Gasteiger partial charge in [0.2, 0.25) is 0 Å². The predicted octanol–water partition coefficient (Wildman–Crippen LogP) is 5.55. The molecule has 0 aliphatic heterocycles. The number of nitrogens with two attached hydrogens (primary N) is 1. The number of benzene rings is 1. The van der Waals surface area contributed by atoms with Gasteiger partial charge in [-0.1, -0.05) is 6.07 Å². The predicted molar refractivity (Wildman–Crippen MR) is 142 cm³/mol. The third kappa shape index (κ3) is 5.65. The number of aromatic nitrogens is 5. The first-order chi connectivity index (χ1) is 19.8. The third-order valence-electron chi connectivity index (χ3n) is 6.07. The maximum absolute atomic E-state index is 13.7. The van der Waals surface area contributed by atoms with Crippen molar-refractivity contribution in [1.82, 2.24) is 24.5 Å². The zero-order valence-electron chi connectivity index (χ0n) is 21.7. The number of thiophene rings is 1. The average Bonchev–Trinajstić information content (AvgIpc) is 3.63. The highest BCUT2D eigenvalue weighted by Crippen LogP contribution is 2.43. The van der Waals surface area contributed by atoms with Gasteiger partial charge in [-0.3, -0.25) is 14.3 Å². The van der Waals surface area contributed by atoms with Crippen LogP contribution in [0.5, 0.6) is 5.75 Å². The normalized spacial score (nSPS) is 11.8. The van der Waals surface area contributed by atoms with Crippen LogP contribution in [0.25, 0.3) is 21.3 Å². The maximum Gasteiger partial charge on any atom is 0.416 e. The van der Waals surface area contributed by atoms with Gasteiger partial charge in [0.05, 0.1) is 16.9 Å². The molecule has 0 saturated carbocycles. The molecule has 10 nitrogen and oxygen atoms in total. The smallest absolute Gasteiger partial charge is 0.416 e. The molecule has 0 aliphatic rings. The Morgan fingerprint density at radius 3 is 2.55 bits per heavy atom. The van der Waals surface area contributed by atoms with Gasteiger partial charge in [0.1, 0.15) is 21.2 Å². The van der Waals surface area contributed by atoms with E-state index in [1.165, 1.54) is 39.8 Å². The minimum absolute atomic E-state index is 0.0335. The van der Waals surface area contributed by atoms with E-state index >= 15 is 0 Å². The van der Waals surface area contributed by atoms with Crippen molar-refractivity contribution in [3.8, 4) is 16.9 Å². The SMILES string of the molecule is Cc1nn(C)cc1-c1cc(C(F)F)nc2sc(C(N)=O)c(NC(=O)c3ccn(COc4cccc(C(F)(F)F)c4)n3)c12. The van der Waals surface area contributed by atoms with Crippen molar-refractivity contribution in [2.45, 2.75) is 26.3 Å². The Morgan fingerprint density at radius 2 is 1.90 bits per heavy atom. The molecule has 218 valence electrons. The van der Waals surface area contributed by atoms with E-state index in [1.54, 1.807) is 20.2 Å². The van der Waals surface area contributed by atoms with Crippen LogP contribution in [0.1, 0.15) is 43.5 Å². The highest BCUT2D eigenvalue weighted by atomic mass is 32.1. The Balaban J connectivity index is 1.47. The van der Waals surface area contributed by atoms with Gasteiger partial charge in [-0.15, -0.1) is 11.3 Å². The molecule has 0 radical (unpaired) electrons. The van der Waals surface area contributed by atoms with Crippen LogP contribution in [-0.4, -0.2) is 36.4 Å². The number of halogens is 5. The molecule has 0 saturated heterocycles. The number of pyridine rings is 1. The average molecular weight is 606 g/mol. The molecule has 4 heterocycles. The first-order valence-corrected chi connectivity index (χ1v) is 12.8. The summed E-state index contributed by atoms with van der Waals surface area (Å²) < 4.78 is 74.4. The quantitative estimate of drug-likeness (QED) is 0.223. The van der Waals surface area contributed by atoms with Crippen LogP contribution in [0.15, 0.2) is 48.8 Å². The molecule has 0 bridgehead atoms. The molecule has 16 heteroatoms. The summed E-state index contributed by atoms with van der Waals surface area (Å²) in [7, 11) is 1.65. The second-order valence-corrected chi connectivity index (χ2v) is 10.0. The minimum Gasteiger partial charge on any atom is -0.471 e. The van der Waals surface area contributed by atoms with Crippen molar-refractivity contribution in [2.24, 2.45) is 12.8 Å². The van der Waals surface area contributed by atoms with Crippen molar-refractivity contribution in [1.29, 1.82) is 0 Å². The number of carbonyl (C=O) groups is 2. The van der Waals surface area contributed by atoms with Crippen molar-refractivity contribution in [3.05, 3.63) is 76.3 Å². The monoisotopic (exact) mass is 605 g/mol. The summed E-state index contributed by atoms with van der Waals surface area (Å²) in [5.41, 5.74) is 5.24. The van der Waals surface area contributed by atoms with Gasteiger partial charge in [0.25, 0.3) is 18.2 Å². The van der Waals surface area contributed by atoms with E-state index in [-0.39, 0.29) is 44.5 Å². The van der Waals surface area contributed by atoms with Crippen LogP contribution in [0.2, 0.25) is 0 Å². The number of anilines is 1. The van der Waals surface area contributed by atoms with Gasteiger partial charge < -0.3 is 15.8 Å². The fourth-order valence-corrected chi connectivity index (χ4v) is 5.25. The van der Waals surface area contributed by atoms with E-state index < -0.39 is 35.7 Å². The van der Waals surface area contributed by atoms with Crippen LogP contribution < -0.4 is 15.8 Å². The second kappa shape index (κ2) is 10.8. The fourth-order valence-electron chi connectivity index (χ4n) is 4.23. The number of alkyl halides is 5. The van der Waals surface area contributed by atoms with E-state index in [4.69, 9.17) is 10.5 Å². The lowest BCUT2D eigenvalue weighted by Crippen LogP contribution is -2.18. The molecule has 2 amide bonds. The number of carbonyl (C=O) groups excluding carboxylic acids is 2. The van der Waals surface area contributed by atoms with Crippen LogP contribution in [0.4, 0.5) is 27.6 Å². The number of hydrogen-bond donors (Lipinski definition) is 2. The maximum atomic E-state index is 13.7. The number of nitrogens with one attached hydrogen (secondary N) is 1. The lowest BCUT2D eigenvalue weighted by Gasteiger charge is -2.10. The van der Waals surface area contributed by atoms with Gasteiger partial charge >= 0.3 is 6.18 Å². The van der Waals surface area contributed by atoms with Gasteiger partial charge in [0, 0.05) is 30.4 Å². The van der Waals surface area contributed by atoms with Crippen LogP contribution in [0.3, 0.4) is 0 Å². The summed E-state index contributed by atoms with van der Waals surface area (Å²) in [6, 6.07) is 6.77. The Morgan fingerprint density at radius 1 is 1.14 bits per heavy atom. The molecule has 0 fully saturated rings. The van der Waals surface area contributed by atoms with Gasteiger partial charge in [0.15, 0.2) is 12.4 Å². The highest BCUT2D eigenvalue weighted by molar-refractivity contribution is 7.21. The van der Waals surface area contributed by atoms with Crippen molar-refractivity contribution >= 4 is 39.1 Å². The summed E-state index contributed by atoms with van der Waals surface area (Å²) in [4.78, 5) is 29.5. The molecular weight excluding hydrogens is 585 g/mol. The molecule has 5 aromatic rings. The van der Waals surface area contributed by atoms with E-state index in [0.717, 1.165) is 23.5 Å². The van der Waals surface area contributed by atoms with Crippen molar-refractivity contribution in [3.63, 3.8) is 0 Å². The molecule has 0 atom stereocenters. The van der Waals surface area contributed by atoms with Crippen LogP contribution in [-0.2, 0) is 20.0 Å². The van der Waals surface area contributed by atoms with Crippen LogP contribution >= 0.6 is 11.3 Å². The van der Waals surface area contributed by atoms with Gasteiger partial charge in [-0.2, -0.15) is 23.4 Å². The number of ether oxygens (including phenoxy) is 1. The first kappa shape index (κ1) is 28.7. The summed E-state index contributed by atoms with van der Waals surface area (Å²) in [5, 5.41) is 11.2. The van der Waals surface area contributed by atoms with E-state index in [9.17, 15) is 31.5 Å². The van der Waals surface area contributed by atoms with Crippen molar-refractivity contribution < 1.29 is 36.3 Å². The van der Waals surface area contributed by atoms with E-state index in [0.29, 0.717) is 11.3 Å². The fraction of sp³-hybridized carbons (Fsp3) is 0.192. The van der Waals surface area contributed by atoms with Crippen LogP contribution in [0, 0.1) is 6.92 Å². The summed E-state index contributed by atoms with van der Waals surface area (Å²) in [5.74, 6) is -1.75.